The van der Waals surface area contributed by atoms with Crippen molar-refractivity contribution in [3.05, 3.63) is 24.3 Å². The molecule has 0 saturated carbocycles. The molecule has 1 aliphatic rings. The summed E-state index contributed by atoms with van der Waals surface area (Å²) in [4.78, 5) is 24.8. The van der Waals surface area contributed by atoms with E-state index in [-0.39, 0.29) is 31.8 Å². The van der Waals surface area contributed by atoms with Crippen LogP contribution in [0.15, 0.2) is 24.3 Å². The van der Waals surface area contributed by atoms with Gasteiger partial charge >= 0.3 is 5.97 Å². The lowest BCUT2D eigenvalue weighted by molar-refractivity contribution is -0.288. The zero-order chi connectivity index (χ0) is 19.1. The van der Waals surface area contributed by atoms with E-state index in [1.54, 1.807) is 19.9 Å². The van der Waals surface area contributed by atoms with Gasteiger partial charge in [0.15, 0.2) is 0 Å². The Hall–Kier alpha value is -1.09. The van der Waals surface area contributed by atoms with Gasteiger partial charge in [0.05, 0.1) is 25.2 Å². The van der Waals surface area contributed by atoms with Crippen molar-refractivity contribution in [2.75, 3.05) is 20.8 Å². The molecule has 0 aromatic heterocycles. The van der Waals surface area contributed by atoms with Crippen LogP contribution in [0.4, 0.5) is 0 Å². The molecule has 1 aliphatic heterocycles. The second kappa shape index (κ2) is 8.85. The van der Waals surface area contributed by atoms with Crippen molar-refractivity contribution in [2.24, 2.45) is 5.41 Å². The number of carbonyl (C=O) groups is 2. The van der Waals surface area contributed by atoms with Gasteiger partial charge < -0.3 is 18.4 Å². The number of Topliss-reactive ketones (excluding diaryl/α,β-unsaturated/α-hetero) is 1. The third kappa shape index (κ3) is 4.30. The molecular weight excluding hydrogens is 331 g/mol. The Morgan fingerprint density at radius 1 is 1.62 bits per heavy atom. The maximum Gasteiger partial charge on any atom is 0.330 e. The molecule has 1 fully saturated rings. The SMILES string of the molecule is [3H]BSOCC(C)(C)[C@]1(OC)O[C@H](CC=C)C/C(=C\C(=O)OC)C1=O. The monoisotopic (exact) mass is 358 g/mol. The molecule has 0 unspecified atom stereocenters. The van der Waals surface area contributed by atoms with E-state index in [1.807, 2.05) is 0 Å². The van der Waals surface area contributed by atoms with E-state index in [0.717, 1.165) is 11.9 Å². The first kappa shape index (κ1) is 19.2. The third-order valence-corrected chi connectivity index (χ3v) is 4.26. The highest BCUT2D eigenvalue weighted by Crippen LogP contribution is 2.44. The molecule has 1 heterocycles. The highest BCUT2D eigenvalue weighted by Gasteiger charge is 2.57. The highest BCUT2D eigenvalue weighted by molar-refractivity contribution is 8.15. The first-order valence-electron chi connectivity index (χ1n) is 8.19. The topological polar surface area (TPSA) is 71.1 Å². The van der Waals surface area contributed by atoms with E-state index >= 15 is 0 Å². The van der Waals surface area contributed by atoms with E-state index in [2.05, 4.69) is 11.3 Å². The lowest BCUT2D eigenvalue weighted by Gasteiger charge is -2.48. The molecule has 0 aliphatic carbocycles. The maximum absolute atomic E-state index is 13.1. The van der Waals surface area contributed by atoms with Crippen LogP contribution >= 0.6 is 11.9 Å². The third-order valence-electron chi connectivity index (χ3n) is 3.98. The van der Waals surface area contributed by atoms with Crippen molar-refractivity contribution in [3.8, 4) is 0 Å². The second-order valence-corrected chi connectivity index (χ2v) is 6.55. The quantitative estimate of drug-likeness (QED) is 0.155. The van der Waals surface area contributed by atoms with Gasteiger partial charge in [-0.05, 0) is 7.76 Å². The first-order valence-corrected chi connectivity index (χ1v) is 8.39. The van der Waals surface area contributed by atoms with Crippen LogP contribution in [0.3, 0.4) is 0 Å². The average Bonchev–Trinajstić information content (AvgIpc) is 2.57. The number of esters is 1. The average molecular weight is 358 g/mol. The van der Waals surface area contributed by atoms with Crippen LogP contribution in [-0.4, -0.2) is 52.9 Å². The minimum Gasteiger partial charge on any atom is -0.466 e. The number of hydrogen-bond donors (Lipinski definition) is 0. The van der Waals surface area contributed by atoms with Gasteiger partial charge in [-0.15, -0.1) is 6.58 Å². The van der Waals surface area contributed by atoms with E-state index in [9.17, 15) is 9.59 Å². The number of ether oxygens (including phenoxy) is 3. The smallest absolute Gasteiger partial charge is 0.330 e. The largest absolute Gasteiger partial charge is 0.466 e. The molecule has 0 N–H and O–H groups in total. The normalized spacial score (nSPS) is 26.8. The zero-order valence-electron chi connectivity index (χ0n) is 15.6. The van der Waals surface area contributed by atoms with Gasteiger partial charge in [-0.1, -0.05) is 31.8 Å². The summed E-state index contributed by atoms with van der Waals surface area (Å²) in [6.45, 7) is 7.40. The standard InChI is InChI=1S/C16H25BO6S/c1-6-7-12-8-11(9-13(18)20-4)14(19)16(21-5,23-12)15(2,3)10-22-24-17/h6,9,12H,1,7-8,10,17H2,2-5H3/b11-9+/t12-,16-/m1/s1/i17T. The molecule has 1 rings (SSSR count). The minimum absolute atomic E-state index is 0.0391. The zero-order valence-corrected chi connectivity index (χ0v) is 15.4. The predicted octanol–water partition coefficient (Wildman–Crippen LogP) is 1.60. The van der Waals surface area contributed by atoms with Crippen molar-refractivity contribution in [1.29, 1.82) is 1.34 Å². The van der Waals surface area contributed by atoms with Crippen molar-refractivity contribution in [1.82, 2.24) is 0 Å². The maximum atomic E-state index is 13.1. The van der Waals surface area contributed by atoms with Crippen LogP contribution in [0.25, 0.3) is 0 Å². The van der Waals surface area contributed by atoms with E-state index in [4.69, 9.17) is 15.0 Å². The summed E-state index contributed by atoms with van der Waals surface area (Å²) in [6.07, 6.45) is 3.27. The molecule has 0 radical (unpaired) electrons. The summed E-state index contributed by atoms with van der Waals surface area (Å²) in [5, 5.41) is 0. The molecule has 0 amide bonds. The summed E-state index contributed by atoms with van der Waals surface area (Å²) in [5.41, 5.74) is -0.580. The lowest BCUT2D eigenvalue weighted by atomic mass is 9.76. The van der Waals surface area contributed by atoms with Crippen LogP contribution < -0.4 is 0 Å². The van der Waals surface area contributed by atoms with Gasteiger partial charge in [0.25, 0.3) is 0 Å². The Labute approximate surface area is 149 Å². The first-order chi connectivity index (χ1) is 11.8. The number of methoxy groups -OCH3 is 2. The summed E-state index contributed by atoms with van der Waals surface area (Å²) >= 11 is 0.975. The van der Waals surface area contributed by atoms with Crippen LogP contribution in [0.2, 0.25) is 0 Å². The fourth-order valence-corrected chi connectivity index (χ4v) is 3.07. The Balaban J connectivity index is 3.27. The molecule has 134 valence electrons. The Morgan fingerprint density at radius 2 is 2.33 bits per heavy atom. The lowest BCUT2D eigenvalue weighted by Crippen LogP contribution is -2.61. The van der Waals surface area contributed by atoms with Crippen molar-refractivity contribution in [3.63, 3.8) is 0 Å². The van der Waals surface area contributed by atoms with Gasteiger partial charge in [-0.2, -0.15) is 0 Å². The van der Waals surface area contributed by atoms with Gasteiger partial charge in [0, 0.05) is 25.2 Å². The van der Waals surface area contributed by atoms with Crippen molar-refractivity contribution >= 4 is 30.7 Å². The second-order valence-electron chi connectivity index (χ2n) is 6.07. The van der Waals surface area contributed by atoms with Crippen LogP contribution in [0.5, 0.6) is 0 Å². The van der Waals surface area contributed by atoms with Crippen LogP contribution in [-0.2, 0) is 28.0 Å². The molecule has 0 aromatic carbocycles. The van der Waals surface area contributed by atoms with E-state index in [1.165, 1.54) is 20.3 Å². The number of carbonyl (C=O) groups excluding carboxylic acids is 2. The summed E-state index contributed by atoms with van der Waals surface area (Å²) in [7, 11) is 2.69. The molecule has 0 aromatic rings. The fourth-order valence-electron chi connectivity index (χ4n) is 2.69. The number of rotatable bonds is 9. The summed E-state index contributed by atoms with van der Waals surface area (Å²) < 4.78 is 28.8. The minimum atomic E-state index is -1.61. The van der Waals surface area contributed by atoms with Crippen molar-refractivity contribution < 1.29 is 28.0 Å². The van der Waals surface area contributed by atoms with Gasteiger partial charge in [-0.3, -0.25) is 4.79 Å². The number of hydrogen-bond acceptors (Lipinski definition) is 7. The molecule has 1 saturated heterocycles. The Bertz CT molecular complexity index is 539. The fraction of sp³-hybridized carbons (Fsp3) is 0.625. The summed E-state index contributed by atoms with van der Waals surface area (Å²) in [5.74, 6) is -2.64. The van der Waals surface area contributed by atoms with Gasteiger partial charge in [0.1, 0.15) is 0 Å². The molecule has 0 bridgehead atoms. The predicted molar refractivity (Wildman–Crippen MR) is 95.0 cm³/mol. The van der Waals surface area contributed by atoms with Crippen LogP contribution in [0, 0.1) is 5.41 Å². The van der Waals surface area contributed by atoms with Crippen molar-refractivity contribution in [2.45, 2.75) is 38.6 Å². The molecular formula is C16H25BO6S. The van der Waals surface area contributed by atoms with Crippen LogP contribution in [0.1, 0.15) is 26.7 Å². The van der Waals surface area contributed by atoms with E-state index < -0.39 is 23.0 Å². The molecule has 0 spiro atoms. The summed E-state index contributed by atoms with van der Waals surface area (Å²) in [6, 6.07) is 0. The van der Waals surface area contributed by atoms with E-state index in [0.29, 0.717) is 6.42 Å². The molecule has 6 nitrogen and oxygen atoms in total. The highest BCUT2D eigenvalue weighted by atomic mass is 32.2. The molecule has 2 atom stereocenters. The molecule has 24 heavy (non-hydrogen) atoms. The number of ketones is 1. The molecule has 8 heteroatoms. The van der Waals surface area contributed by atoms with Gasteiger partial charge in [-0.25, -0.2) is 4.79 Å². The Kier molecular flexibility index (Phi) is 7.09. The Morgan fingerprint density at radius 3 is 2.88 bits per heavy atom. The van der Waals surface area contributed by atoms with Gasteiger partial charge in [0.2, 0.25) is 18.7 Å².